The van der Waals surface area contributed by atoms with E-state index in [4.69, 9.17) is 0 Å². The van der Waals surface area contributed by atoms with Crippen molar-refractivity contribution >= 4 is 0 Å². The molecule has 3 aromatic rings. The SMILES string of the molecule is C[C@@H](c1cccc(F)c1)n1cc(Cn2cncn2)nn1. The molecule has 2 aromatic heterocycles. The summed E-state index contributed by atoms with van der Waals surface area (Å²) < 4.78 is 16.6. The van der Waals surface area contributed by atoms with Gasteiger partial charge in [-0.2, -0.15) is 5.10 Å². The lowest BCUT2D eigenvalue weighted by molar-refractivity contribution is 0.537. The molecule has 102 valence electrons. The van der Waals surface area contributed by atoms with E-state index in [0.717, 1.165) is 11.3 Å². The van der Waals surface area contributed by atoms with E-state index in [1.165, 1.54) is 18.5 Å². The normalized spacial score (nSPS) is 12.5. The molecular weight excluding hydrogens is 259 g/mol. The molecule has 1 atom stereocenters. The van der Waals surface area contributed by atoms with E-state index in [9.17, 15) is 4.39 Å². The van der Waals surface area contributed by atoms with Crippen molar-refractivity contribution in [2.24, 2.45) is 0 Å². The first kappa shape index (κ1) is 12.5. The van der Waals surface area contributed by atoms with Crippen LogP contribution in [0, 0.1) is 5.82 Å². The Morgan fingerprint density at radius 2 is 2.25 bits per heavy atom. The average molecular weight is 272 g/mol. The number of hydrogen-bond donors (Lipinski definition) is 0. The summed E-state index contributed by atoms with van der Waals surface area (Å²) in [6.07, 6.45) is 4.92. The molecule has 0 aliphatic rings. The minimum atomic E-state index is -0.252. The number of halogens is 1. The summed E-state index contributed by atoms with van der Waals surface area (Å²) in [5.41, 5.74) is 1.63. The summed E-state index contributed by atoms with van der Waals surface area (Å²) in [7, 11) is 0. The lowest BCUT2D eigenvalue weighted by Crippen LogP contribution is -2.07. The molecule has 3 rings (SSSR count). The average Bonchev–Trinajstić information content (AvgIpc) is 3.10. The highest BCUT2D eigenvalue weighted by Gasteiger charge is 2.11. The number of aromatic nitrogens is 6. The predicted octanol–water partition coefficient (Wildman–Crippen LogP) is 1.67. The zero-order valence-corrected chi connectivity index (χ0v) is 10.9. The van der Waals surface area contributed by atoms with Crippen molar-refractivity contribution in [3.63, 3.8) is 0 Å². The van der Waals surface area contributed by atoms with Crippen LogP contribution in [0.1, 0.15) is 24.2 Å². The van der Waals surface area contributed by atoms with Gasteiger partial charge in [0.1, 0.15) is 24.2 Å². The highest BCUT2D eigenvalue weighted by Crippen LogP contribution is 2.17. The minimum Gasteiger partial charge on any atom is -0.247 e. The molecule has 0 fully saturated rings. The first-order valence-electron chi connectivity index (χ1n) is 6.21. The van der Waals surface area contributed by atoms with E-state index in [2.05, 4.69) is 20.4 Å². The molecule has 6 nitrogen and oxygen atoms in total. The van der Waals surface area contributed by atoms with Crippen molar-refractivity contribution in [3.05, 3.63) is 60.2 Å². The van der Waals surface area contributed by atoms with Crippen LogP contribution in [0.25, 0.3) is 0 Å². The topological polar surface area (TPSA) is 61.4 Å². The predicted molar refractivity (Wildman–Crippen MR) is 69.4 cm³/mol. The van der Waals surface area contributed by atoms with Crippen LogP contribution in [0.5, 0.6) is 0 Å². The Kier molecular flexibility index (Phi) is 3.24. The van der Waals surface area contributed by atoms with Crippen LogP contribution in [0.15, 0.2) is 43.1 Å². The van der Waals surface area contributed by atoms with Gasteiger partial charge in [-0.3, -0.25) is 0 Å². The summed E-state index contributed by atoms with van der Waals surface area (Å²) >= 11 is 0. The molecule has 0 aliphatic carbocycles. The fraction of sp³-hybridized carbons (Fsp3) is 0.231. The van der Waals surface area contributed by atoms with E-state index in [0.29, 0.717) is 6.54 Å². The number of hydrogen-bond acceptors (Lipinski definition) is 4. The van der Waals surface area contributed by atoms with Crippen molar-refractivity contribution in [3.8, 4) is 0 Å². The van der Waals surface area contributed by atoms with E-state index in [-0.39, 0.29) is 11.9 Å². The van der Waals surface area contributed by atoms with Crippen molar-refractivity contribution < 1.29 is 4.39 Å². The zero-order chi connectivity index (χ0) is 13.9. The lowest BCUT2D eigenvalue weighted by Gasteiger charge is -2.11. The molecular formula is C13H13FN6. The fourth-order valence-corrected chi connectivity index (χ4v) is 1.97. The molecule has 0 N–H and O–H groups in total. The Bertz CT molecular complexity index is 690. The van der Waals surface area contributed by atoms with Gasteiger partial charge >= 0.3 is 0 Å². The van der Waals surface area contributed by atoms with Gasteiger partial charge in [-0.05, 0) is 24.6 Å². The Hall–Kier alpha value is -2.57. The van der Waals surface area contributed by atoms with Crippen LogP contribution in [-0.4, -0.2) is 29.8 Å². The number of rotatable bonds is 4. The molecule has 2 heterocycles. The molecule has 0 radical (unpaired) electrons. The maximum Gasteiger partial charge on any atom is 0.137 e. The summed E-state index contributed by atoms with van der Waals surface area (Å²) in [5.74, 6) is -0.252. The van der Waals surface area contributed by atoms with Gasteiger partial charge in [-0.25, -0.2) is 18.7 Å². The smallest absolute Gasteiger partial charge is 0.137 e. The Labute approximate surface area is 114 Å². The molecule has 7 heteroatoms. The molecule has 1 aromatic carbocycles. The maximum atomic E-state index is 13.2. The molecule has 0 bridgehead atoms. The van der Waals surface area contributed by atoms with Gasteiger partial charge in [-0.15, -0.1) is 5.10 Å². The molecule has 0 saturated heterocycles. The van der Waals surface area contributed by atoms with Crippen LogP contribution in [0.3, 0.4) is 0 Å². The molecule has 0 saturated carbocycles. The van der Waals surface area contributed by atoms with E-state index in [1.54, 1.807) is 21.8 Å². The third-order valence-corrected chi connectivity index (χ3v) is 3.08. The van der Waals surface area contributed by atoms with E-state index in [1.807, 2.05) is 19.2 Å². The van der Waals surface area contributed by atoms with Crippen LogP contribution in [0.2, 0.25) is 0 Å². The maximum absolute atomic E-state index is 13.2. The quantitative estimate of drug-likeness (QED) is 0.724. The lowest BCUT2D eigenvalue weighted by atomic mass is 10.1. The molecule has 20 heavy (non-hydrogen) atoms. The second-order valence-electron chi connectivity index (χ2n) is 4.51. The summed E-state index contributed by atoms with van der Waals surface area (Å²) in [5, 5.41) is 12.2. The first-order valence-corrected chi connectivity index (χ1v) is 6.21. The van der Waals surface area contributed by atoms with Crippen LogP contribution < -0.4 is 0 Å². The molecule has 0 spiro atoms. The van der Waals surface area contributed by atoms with E-state index < -0.39 is 0 Å². The zero-order valence-electron chi connectivity index (χ0n) is 10.9. The van der Waals surface area contributed by atoms with Gasteiger partial charge in [-0.1, -0.05) is 17.3 Å². The Morgan fingerprint density at radius 1 is 1.35 bits per heavy atom. The third-order valence-electron chi connectivity index (χ3n) is 3.08. The Balaban J connectivity index is 1.79. The van der Waals surface area contributed by atoms with Gasteiger partial charge in [0.15, 0.2) is 0 Å². The monoisotopic (exact) mass is 272 g/mol. The van der Waals surface area contributed by atoms with Gasteiger partial charge in [0.05, 0.1) is 18.8 Å². The van der Waals surface area contributed by atoms with Gasteiger partial charge in [0, 0.05) is 0 Å². The molecule has 0 unspecified atom stereocenters. The molecule has 0 amide bonds. The second-order valence-corrected chi connectivity index (χ2v) is 4.51. The number of benzene rings is 1. The standard InChI is InChI=1S/C13H13FN6/c1-10(11-3-2-4-12(14)5-11)20-7-13(17-18-20)6-19-9-15-8-16-19/h2-5,7-10H,6H2,1H3/t10-/m0/s1. The Morgan fingerprint density at radius 3 is 3.00 bits per heavy atom. The van der Waals surface area contributed by atoms with Crippen molar-refractivity contribution in [2.45, 2.75) is 19.5 Å². The fourth-order valence-electron chi connectivity index (χ4n) is 1.97. The van der Waals surface area contributed by atoms with Crippen molar-refractivity contribution in [2.75, 3.05) is 0 Å². The highest BCUT2D eigenvalue weighted by molar-refractivity contribution is 5.20. The van der Waals surface area contributed by atoms with Gasteiger partial charge in [0.25, 0.3) is 0 Å². The third kappa shape index (κ3) is 2.56. The molecule has 0 aliphatic heterocycles. The van der Waals surface area contributed by atoms with Crippen molar-refractivity contribution in [1.82, 2.24) is 29.8 Å². The van der Waals surface area contributed by atoms with Gasteiger partial charge in [0.2, 0.25) is 0 Å². The largest absolute Gasteiger partial charge is 0.247 e. The summed E-state index contributed by atoms with van der Waals surface area (Å²) in [4.78, 5) is 3.87. The van der Waals surface area contributed by atoms with Crippen molar-refractivity contribution in [1.29, 1.82) is 0 Å². The highest BCUT2D eigenvalue weighted by atomic mass is 19.1. The van der Waals surface area contributed by atoms with Crippen LogP contribution >= 0.6 is 0 Å². The summed E-state index contributed by atoms with van der Waals surface area (Å²) in [6.45, 7) is 2.46. The second kappa shape index (κ2) is 5.20. The summed E-state index contributed by atoms with van der Waals surface area (Å²) in [6, 6.07) is 6.40. The number of nitrogens with zero attached hydrogens (tertiary/aromatic N) is 6. The van der Waals surface area contributed by atoms with Crippen LogP contribution in [-0.2, 0) is 6.54 Å². The minimum absolute atomic E-state index is 0.0808. The van der Waals surface area contributed by atoms with Gasteiger partial charge < -0.3 is 0 Å². The first-order chi connectivity index (χ1) is 9.72. The van der Waals surface area contributed by atoms with E-state index >= 15 is 0 Å². The van der Waals surface area contributed by atoms with Crippen LogP contribution in [0.4, 0.5) is 4.39 Å².